The molecule has 0 aromatic carbocycles. The summed E-state index contributed by atoms with van der Waals surface area (Å²) in [6.07, 6.45) is 8.77. The molecule has 0 spiro atoms. The molecule has 0 aliphatic carbocycles. The van der Waals surface area contributed by atoms with Gasteiger partial charge >= 0.3 is 11.9 Å². The molecular formula is C11H9NO4. The second kappa shape index (κ2) is 6.92. The van der Waals surface area contributed by atoms with Gasteiger partial charge in [0.05, 0.1) is 12.0 Å². The molecule has 0 aromatic rings. The first-order valence-electron chi connectivity index (χ1n) is 4.23. The average molecular weight is 219 g/mol. The molecule has 0 saturated carbocycles. The van der Waals surface area contributed by atoms with Crippen molar-refractivity contribution < 1.29 is 19.1 Å². The minimum Gasteiger partial charge on any atom is -0.444 e. The first kappa shape index (κ1) is 13.5. The molecule has 0 aliphatic rings. The van der Waals surface area contributed by atoms with Crippen LogP contribution in [0.5, 0.6) is 0 Å². The number of esters is 2. The summed E-state index contributed by atoms with van der Waals surface area (Å²) in [4.78, 5) is 22.0. The van der Waals surface area contributed by atoms with Gasteiger partial charge in [-0.3, -0.25) is 0 Å². The van der Waals surface area contributed by atoms with Gasteiger partial charge < -0.3 is 9.47 Å². The summed E-state index contributed by atoms with van der Waals surface area (Å²) >= 11 is 0. The van der Waals surface area contributed by atoms with Crippen LogP contribution in [0.1, 0.15) is 6.92 Å². The molecule has 82 valence electrons. The second-order valence-electron chi connectivity index (χ2n) is 2.69. The van der Waals surface area contributed by atoms with Crippen LogP contribution < -0.4 is 0 Å². The maximum atomic E-state index is 11.1. The Balaban J connectivity index is 4.35. The highest BCUT2D eigenvalue weighted by Gasteiger charge is 2.24. The summed E-state index contributed by atoms with van der Waals surface area (Å²) in [6.45, 7) is 1.13. The quantitative estimate of drug-likeness (QED) is 0.375. The van der Waals surface area contributed by atoms with E-state index in [9.17, 15) is 9.59 Å². The molecular weight excluding hydrogens is 210 g/mol. The van der Waals surface area contributed by atoms with Crippen molar-refractivity contribution in [1.29, 1.82) is 5.26 Å². The van der Waals surface area contributed by atoms with E-state index in [1.165, 1.54) is 6.92 Å². The third-order valence-corrected chi connectivity index (χ3v) is 1.51. The van der Waals surface area contributed by atoms with Crippen molar-refractivity contribution in [2.24, 2.45) is 5.92 Å². The number of nitrogens with zero attached hydrogens (tertiary/aromatic N) is 1. The van der Waals surface area contributed by atoms with Crippen molar-refractivity contribution in [3.05, 3.63) is 0 Å². The Morgan fingerprint density at radius 3 is 2.44 bits per heavy atom. The van der Waals surface area contributed by atoms with Crippen molar-refractivity contribution in [2.45, 2.75) is 13.0 Å². The lowest BCUT2D eigenvalue weighted by Gasteiger charge is -2.12. The maximum Gasteiger partial charge on any atom is 0.418 e. The van der Waals surface area contributed by atoms with E-state index in [1.54, 1.807) is 6.07 Å². The summed E-state index contributed by atoms with van der Waals surface area (Å²) in [7, 11) is 0. The monoisotopic (exact) mass is 219 g/mol. The van der Waals surface area contributed by atoms with Crippen molar-refractivity contribution in [3.8, 4) is 30.8 Å². The molecule has 0 N–H and O–H groups in total. The fourth-order valence-electron chi connectivity index (χ4n) is 0.678. The van der Waals surface area contributed by atoms with Crippen LogP contribution in [-0.4, -0.2) is 24.6 Å². The van der Waals surface area contributed by atoms with Gasteiger partial charge in [0.1, 0.15) is 0 Å². The molecule has 2 unspecified atom stereocenters. The van der Waals surface area contributed by atoms with E-state index in [0.717, 1.165) is 0 Å². The van der Waals surface area contributed by atoms with E-state index in [1.807, 2.05) is 5.92 Å². The average Bonchev–Trinajstić information content (AvgIpc) is 2.31. The van der Waals surface area contributed by atoms with Gasteiger partial charge in [-0.25, -0.2) is 9.59 Å². The number of nitriles is 1. The molecule has 0 fully saturated rings. The fourth-order valence-corrected chi connectivity index (χ4v) is 0.678. The SMILES string of the molecule is C#CCOC(=O)C(=O)OC(C#C)C(C)C#N. The zero-order valence-corrected chi connectivity index (χ0v) is 8.60. The van der Waals surface area contributed by atoms with Crippen LogP contribution in [0.3, 0.4) is 0 Å². The van der Waals surface area contributed by atoms with E-state index in [2.05, 4.69) is 15.4 Å². The first-order valence-corrected chi connectivity index (χ1v) is 4.23. The number of terminal acetylenes is 2. The third-order valence-electron chi connectivity index (χ3n) is 1.51. The van der Waals surface area contributed by atoms with E-state index in [4.69, 9.17) is 18.1 Å². The molecule has 0 saturated heterocycles. The lowest BCUT2D eigenvalue weighted by Crippen LogP contribution is -2.28. The standard InChI is InChI=1S/C11H9NO4/c1-4-6-15-10(13)11(14)16-9(5-2)8(3)7-12/h1-2,8-9H,6H2,3H3. The number of rotatable bonds is 3. The minimum absolute atomic E-state index is 0.331. The van der Waals surface area contributed by atoms with Gasteiger partial charge in [0.15, 0.2) is 12.7 Å². The molecule has 0 rings (SSSR count). The van der Waals surface area contributed by atoms with Crippen LogP contribution in [0.2, 0.25) is 0 Å². The zero-order valence-electron chi connectivity index (χ0n) is 8.60. The van der Waals surface area contributed by atoms with Gasteiger partial charge in [-0.2, -0.15) is 5.26 Å². The number of carbonyl (C=O) groups is 2. The van der Waals surface area contributed by atoms with Crippen LogP contribution in [0, 0.1) is 41.9 Å². The Kier molecular flexibility index (Phi) is 5.86. The lowest BCUT2D eigenvalue weighted by molar-refractivity contribution is -0.169. The largest absolute Gasteiger partial charge is 0.444 e. The summed E-state index contributed by atoms with van der Waals surface area (Å²) in [5.41, 5.74) is 0. The molecule has 5 heteroatoms. The number of hydrogen-bond donors (Lipinski definition) is 0. The van der Waals surface area contributed by atoms with Crippen molar-refractivity contribution in [3.63, 3.8) is 0 Å². The minimum atomic E-state index is -1.26. The lowest BCUT2D eigenvalue weighted by atomic mass is 10.1. The van der Waals surface area contributed by atoms with Gasteiger partial charge in [-0.05, 0) is 6.92 Å². The summed E-state index contributed by atoms with van der Waals surface area (Å²) in [5.74, 6) is 0.882. The Morgan fingerprint density at radius 1 is 1.38 bits per heavy atom. The summed E-state index contributed by atoms with van der Waals surface area (Å²) in [6, 6.07) is 1.80. The van der Waals surface area contributed by atoms with Crippen LogP contribution in [0.4, 0.5) is 0 Å². The molecule has 2 atom stereocenters. The highest BCUT2D eigenvalue weighted by molar-refractivity contribution is 6.29. The predicted octanol–water partition coefficient (Wildman–Crippen LogP) is -0.133. The number of ether oxygens (including phenoxy) is 2. The van der Waals surface area contributed by atoms with Gasteiger partial charge in [-0.1, -0.05) is 11.8 Å². The number of hydrogen-bond acceptors (Lipinski definition) is 5. The summed E-state index contributed by atoms with van der Waals surface area (Å²) < 4.78 is 8.88. The molecule has 0 bridgehead atoms. The molecule has 0 aromatic heterocycles. The predicted molar refractivity (Wildman–Crippen MR) is 53.3 cm³/mol. The summed E-state index contributed by atoms with van der Waals surface area (Å²) in [5, 5.41) is 8.55. The zero-order chi connectivity index (χ0) is 12.6. The van der Waals surface area contributed by atoms with Gasteiger partial charge in [0.25, 0.3) is 0 Å². The van der Waals surface area contributed by atoms with E-state index in [0.29, 0.717) is 0 Å². The van der Waals surface area contributed by atoms with Crippen LogP contribution >= 0.6 is 0 Å². The van der Waals surface area contributed by atoms with Crippen molar-refractivity contribution in [2.75, 3.05) is 6.61 Å². The van der Waals surface area contributed by atoms with Crippen molar-refractivity contribution in [1.82, 2.24) is 0 Å². The molecule has 5 nitrogen and oxygen atoms in total. The fraction of sp³-hybridized carbons (Fsp3) is 0.364. The Bertz CT molecular complexity index is 394. The van der Waals surface area contributed by atoms with Crippen molar-refractivity contribution >= 4 is 11.9 Å². The highest BCUT2D eigenvalue weighted by Crippen LogP contribution is 2.05. The van der Waals surface area contributed by atoms with Crippen LogP contribution in [0.15, 0.2) is 0 Å². The molecule has 0 amide bonds. The normalized spacial score (nSPS) is 12.1. The topological polar surface area (TPSA) is 76.4 Å². The first-order chi connectivity index (χ1) is 7.56. The van der Waals surface area contributed by atoms with E-state index < -0.39 is 24.0 Å². The van der Waals surface area contributed by atoms with Gasteiger partial charge in [0.2, 0.25) is 0 Å². The van der Waals surface area contributed by atoms with Gasteiger partial charge in [0, 0.05) is 0 Å². The number of carbonyl (C=O) groups excluding carboxylic acids is 2. The molecule has 0 aliphatic heterocycles. The Hall–Kier alpha value is -2.45. The Morgan fingerprint density at radius 2 is 2.00 bits per heavy atom. The highest BCUT2D eigenvalue weighted by atomic mass is 16.6. The van der Waals surface area contributed by atoms with Crippen LogP contribution in [0.25, 0.3) is 0 Å². The third kappa shape index (κ3) is 4.17. The molecule has 0 heterocycles. The van der Waals surface area contributed by atoms with E-state index >= 15 is 0 Å². The molecule has 0 radical (unpaired) electrons. The van der Waals surface area contributed by atoms with Crippen LogP contribution in [-0.2, 0) is 19.1 Å². The Labute approximate surface area is 93.3 Å². The maximum absolute atomic E-state index is 11.1. The van der Waals surface area contributed by atoms with E-state index in [-0.39, 0.29) is 6.61 Å². The smallest absolute Gasteiger partial charge is 0.418 e. The molecule has 16 heavy (non-hydrogen) atoms. The van der Waals surface area contributed by atoms with Gasteiger partial charge in [-0.15, -0.1) is 12.8 Å². The second-order valence-corrected chi connectivity index (χ2v) is 2.69.